The molecule has 5 nitrogen and oxygen atoms in total. The molecule has 0 aromatic heterocycles. The van der Waals surface area contributed by atoms with Crippen LogP contribution in [0.1, 0.15) is 27.2 Å². The first-order chi connectivity index (χ1) is 9.17. The van der Waals surface area contributed by atoms with Crippen LogP contribution in [-0.4, -0.2) is 23.4 Å². The van der Waals surface area contributed by atoms with Crippen LogP contribution in [0.3, 0.4) is 0 Å². The Hall–Kier alpha value is -1.56. The number of halogens is 1. The topological polar surface area (TPSA) is 84.2 Å². The third-order valence-electron chi connectivity index (χ3n) is 2.43. The summed E-state index contributed by atoms with van der Waals surface area (Å²) in [5.74, 6) is -0.775. The summed E-state index contributed by atoms with van der Waals surface area (Å²) in [7, 11) is 0. The molecule has 1 rings (SSSR count). The summed E-state index contributed by atoms with van der Waals surface area (Å²) in [6.45, 7) is 5.64. The number of hydrogen-bond donors (Lipinski definition) is 3. The summed E-state index contributed by atoms with van der Waals surface area (Å²) in [6.07, 6.45) is 0.00265. The molecule has 0 heterocycles. The summed E-state index contributed by atoms with van der Waals surface area (Å²) >= 11 is 3.33. The van der Waals surface area contributed by atoms with Crippen molar-refractivity contribution in [3.05, 3.63) is 28.7 Å². The maximum Gasteiger partial charge on any atom is 0.240 e. The van der Waals surface area contributed by atoms with Gasteiger partial charge in [-0.15, -0.1) is 0 Å². The van der Waals surface area contributed by atoms with Gasteiger partial charge < -0.3 is 16.4 Å². The van der Waals surface area contributed by atoms with Gasteiger partial charge in [-0.05, 0) is 45.0 Å². The van der Waals surface area contributed by atoms with E-state index < -0.39 is 11.9 Å². The lowest BCUT2D eigenvalue weighted by atomic mass is 10.1. The Balaban J connectivity index is 2.68. The lowest BCUT2D eigenvalue weighted by Gasteiger charge is -2.23. The molecule has 1 unspecified atom stereocenters. The first-order valence-electron chi connectivity index (χ1n) is 6.30. The van der Waals surface area contributed by atoms with Gasteiger partial charge in [0.1, 0.15) is 6.04 Å². The van der Waals surface area contributed by atoms with Crippen LogP contribution in [0.25, 0.3) is 0 Å². The maximum absolute atomic E-state index is 11.9. The largest absolute Gasteiger partial charge is 0.373 e. The van der Waals surface area contributed by atoms with Gasteiger partial charge in [-0.3, -0.25) is 9.59 Å². The first-order valence-corrected chi connectivity index (χ1v) is 7.09. The summed E-state index contributed by atoms with van der Waals surface area (Å²) in [6, 6.07) is 6.56. The zero-order chi connectivity index (χ0) is 15.3. The second-order valence-corrected chi connectivity index (χ2v) is 6.52. The average Bonchev–Trinajstić information content (AvgIpc) is 2.28. The molecule has 6 heteroatoms. The van der Waals surface area contributed by atoms with E-state index in [0.717, 1.165) is 10.2 Å². The first kappa shape index (κ1) is 16.5. The second kappa shape index (κ2) is 6.74. The van der Waals surface area contributed by atoms with Crippen molar-refractivity contribution in [1.29, 1.82) is 0 Å². The summed E-state index contributed by atoms with van der Waals surface area (Å²) < 4.78 is 0.934. The lowest BCUT2D eigenvalue weighted by Crippen LogP contribution is -2.45. The summed E-state index contributed by atoms with van der Waals surface area (Å²) in [5.41, 5.74) is 5.74. The minimum Gasteiger partial charge on any atom is -0.373 e. The molecule has 1 aromatic carbocycles. The Kier molecular flexibility index (Phi) is 5.56. The van der Waals surface area contributed by atoms with Crippen molar-refractivity contribution < 1.29 is 9.59 Å². The van der Waals surface area contributed by atoms with Crippen molar-refractivity contribution in [2.75, 3.05) is 5.32 Å². The highest BCUT2D eigenvalue weighted by molar-refractivity contribution is 9.10. The fraction of sp³-hybridized carbons (Fsp3) is 0.429. The molecule has 2 amide bonds. The van der Waals surface area contributed by atoms with E-state index in [0.29, 0.717) is 0 Å². The van der Waals surface area contributed by atoms with Gasteiger partial charge in [0.25, 0.3) is 0 Å². The van der Waals surface area contributed by atoms with Crippen LogP contribution in [0.5, 0.6) is 0 Å². The number of benzene rings is 1. The Morgan fingerprint density at radius 3 is 2.25 bits per heavy atom. The third kappa shape index (κ3) is 6.06. The van der Waals surface area contributed by atoms with Crippen molar-refractivity contribution >= 4 is 33.4 Å². The molecule has 0 aliphatic carbocycles. The molecule has 0 radical (unpaired) electrons. The monoisotopic (exact) mass is 341 g/mol. The number of rotatable bonds is 5. The average molecular weight is 342 g/mol. The Morgan fingerprint density at radius 1 is 1.25 bits per heavy atom. The van der Waals surface area contributed by atoms with E-state index in [9.17, 15) is 9.59 Å². The molecule has 0 aliphatic rings. The molecule has 1 atom stereocenters. The van der Waals surface area contributed by atoms with Crippen LogP contribution in [0.2, 0.25) is 0 Å². The quantitative estimate of drug-likeness (QED) is 0.765. The molecule has 0 saturated carbocycles. The van der Waals surface area contributed by atoms with Crippen molar-refractivity contribution in [2.24, 2.45) is 5.73 Å². The number of amides is 2. The van der Waals surface area contributed by atoms with E-state index in [4.69, 9.17) is 5.73 Å². The highest BCUT2D eigenvalue weighted by Gasteiger charge is 2.22. The van der Waals surface area contributed by atoms with Crippen LogP contribution in [0.15, 0.2) is 28.7 Å². The maximum atomic E-state index is 11.9. The van der Waals surface area contributed by atoms with Gasteiger partial charge in [0.05, 0.1) is 6.42 Å². The van der Waals surface area contributed by atoms with Gasteiger partial charge in [0.2, 0.25) is 11.8 Å². The van der Waals surface area contributed by atoms with Crippen LogP contribution in [0, 0.1) is 0 Å². The van der Waals surface area contributed by atoms with Gasteiger partial charge >= 0.3 is 0 Å². The van der Waals surface area contributed by atoms with Gasteiger partial charge in [0, 0.05) is 15.7 Å². The zero-order valence-corrected chi connectivity index (χ0v) is 13.5. The van der Waals surface area contributed by atoms with E-state index in [2.05, 4.69) is 26.6 Å². The van der Waals surface area contributed by atoms with E-state index >= 15 is 0 Å². The normalized spacial score (nSPS) is 12.6. The van der Waals surface area contributed by atoms with Gasteiger partial charge in [-0.25, -0.2) is 0 Å². The predicted molar refractivity (Wildman–Crippen MR) is 83.3 cm³/mol. The molecule has 0 bridgehead atoms. The number of hydrogen-bond acceptors (Lipinski definition) is 3. The van der Waals surface area contributed by atoms with Gasteiger partial charge in [-0.1, -0.05) is 15.9 Å². The highest BCUT2D eigenvalue weighted by atomic mass is 79.9. The second-order valence-electron chi connectivity index (χ2n) is 5.61. The van der Waals surface area contributed by atoms with Gasteiger partial charge in [-0.2, -0.15) is 0 Å². The molecule has 0 spiro atoms. The van der Waals surface area contributed by atoms with E-state index in [1.54, 1.807) is 0 Å². The number of anilines is 1. The smallest absolute Gasteiger partial charge is 0.240 e. The fourth-order valence-electron chi connectivity index (χ4n) is 1.62. The standard InChI is InChI=1S/C14H20BrN3O2/c1-14(2,3)18-12(19)8-11(13(16)20)17-10-6-4-9(15)5-7-10/h4-7,11,17H,8H2,1-3H3,(H2,16,20)(H,18,19). The SMILES string of the molecule is CC(C)(C)NC(=O)CC(Nc1ccc(Br)cc1)C(N)=O. The van der Waals surface area contributed by atoms with Crippen molar-refractivity contribution in [3.8, 4) is 0 Å². The Labute approximate surface area is 127 Å². The number of carbonyl (C=O) groups excluding carboxylic acids is 2. The van der Waals surface area contributed by atoms with Crippen molar-refractivity contribution in [2.45, 2.75) is 38.8 Å². The Morgan fingerprint density at radius 2 is 1.80 bits per heavy atom. The Bertz CT molecular complexity index is 480. The van der Waals surface area contributed by atoms with Crippen molar-refractivity contribution in [3.63, 3.8) is 0 Å². The molecule has 0 saturated heterocycles. The number of carbonyl (C=O) groups is 2. The predicted octanol–water partition coefficient (Wildman–Crippen LogP) is 2.02. The number of nitrogens with two attached hydrogens (primary N) is 1. The van der Waals surface area contributed by atoms with Crippen LogP contribution < -0.4 is 16.4 Å². The van der Waals surface area contributed by atoms with Gasteiger partial charge in [0.15, 0.2) is 0 Å². The van der Waals surface area contributed by atoms with Crippen LogP contribution in [-0.2, 0) is 9.59 Å². The molecule has 0 aliphatic heterocycles. The minimum absolute atomic E-state index is 0.00265. The molecule has 1 aromatic rings. The molecule has 20 heavy (non-hydrogen) atoms. The number of nitrogens with one attached hydrogen (secondary N) is 2. The van der Waals surface area contributed by atoms with E-state index in [1.807, 2.05) is 45.0 Å². The van der Waals surface area contributed by atoms with Crippen molar-refractivity contribution in [1.82, 2.24) is 5.32 Å². The van der Waals surface area contributed by atoms with Crippen LogP contribution in [0.4, 0.5) is 5.69 Å². The molecular formula is C14H20BrN3O2. The van der Waals surface area contributed by atoms with Crippen LogP contribution >= 0.6 is 15.9 Å². The lowest BCUT2D eigenvalue weighted by molar-refractivity contribution is -0.126. The van der Waals surface area contributed by atoms with E-state index in [1.165, 1.54) is 0 Å². The highest BCUT2D eigenvalue weighted by Crippen LogP contribution is 2.15. The summed E-state index contributed by atoms with van der Waals surface area (Å²) in [5, 5.41) is 5.77. The molecule has 4 N–H and O–H groups in total. The third-order valence-corrected chi connectivity index (χ3v) is 2.96. The summed E-state index contributed by atoms with van der Waals surface area (Å²) in [4.78, 5) is 23.3. The van der Waals surface area contributed by atoms with E-state index in [-0.39, 0.29) is 17.9 Å². The molecule has 0 fully saturated rings. The minimum atomic E-state index is -0.737. The number of primary amides is 1. The molecular weight excluding hydrogens is 322 g/mol. The molecule has 110 valence electrons. The zero-order valence-electron chi connectivity index (χ0n) is 11.9. The fourth-order valence-corrected chi connectivity index (χ4v) is 1.89.